The largest absolute Gasteiger partial charge is 0.496 e. The van der Waals surface area contributed by atoms with Gasteiger partial charge in [-0.15, -0.1) is 0 Å². The van der Waals surface area contributed by atoms with Gasteiger partial charge in [-0.25, -0.2) is 4.79 Å². The summed E-state index contributed by atoms with van der Waals surface area (Å²) in [4.78, 5) is 19.8. The van der Waals surface area contributed by atoms with Gasteiger partial charge in [-0.1, -0.05) is 45.7 Å². The summed E-state index contributed by atoms with van der Waals surface area (Å²) in [5.41, 5.74) is 2.50. The van der Waals surface area contributed by atoms with Crippen molar-refractivity contribution >= 4 is 35.2 Å². The Morgan fingerprint density at radius 3 is 2.68 bits per heavy atom. The Morgan fingerprint density at radius 1 is 1.18 bits per heavy atom. The van der Waals surface area contributed by atoms with E-state index in [9.17, 15) is 9.90 Å². The van der Waals surface area contributed by atoms with Crippen LogP contribution in [0.1, 0.15) is 46.3 Å². The van der Waals surface area contributed by atoms with Gasteiger partial charge in [0.2, 0.25) is 11.7 Å². The minimum absolute atomic E-state index is 0.0146. The van der Waals surface area contributed by atoms with Crippen LogP contribution in [-0.4, -0.2) is 51.7 Å². The molecule has 0 unspecified atom stereocenters. The molecule has 1 saturated carbocycles. The SMILES string of the molecule is COc1ccc(-c2noc(CCOC/C=C/c3c(-c4c(Cl)cncc4Cl)noc3C3CC3)n2)cc1C(=O)O. The van der Waals surface area contributed by atoms with E-state index in [0.29, 0.717) is 58.3 Å². The van der Waals surface area contributed by atoms with E-state index in [1.54, 1.807) is 12.1 Å². The summed E-state index contributed by atoms with van der Waals surface area (Å²) in [6, 6.07) is 4.66. The first-order chi connectivity index (χ1) is 18.5. The van der Waals surface area contributed by atoms with Crippen molar-refractivity contribution in [2.45, 2.75) is 25.2 Å². The van der Waals surface area contributed by atoms with Crippen molar-refractivity contribution < 1.29 is 28.4 Å². The Bertz CT molecular complexity index is 1470. The van der Waals surface area contributed by atoms with Gasteiger partial charge in [0.25, 0.3) is 0 Å². The normalized spacial score (nSPS) is 13.3. The molecule has 1 aromatic carbocycles. The Hall–Kier alpha value is -3.73. The third-order valence-electron chi connectivity index (χ3n) is 5.91. The molecule has 0 saturated heterocycles. The Labute approximate surface area is 227 Å². The lowest BCUT2D eigenvalue weighted by Crippen LogP contribution is -2.01. The van der Waals surface area contributed by atoms with Crippen LogP contribution in [0.15, 0.2) is 45.7 Å². The van der Waals surface area contributed by atoms with Gasteiger partial charge in [0.05, 0.1) is 36.8 Å². The second-order valence-electron chi connectivity index (χ2n) is 8.52. The second-order valence-corrected chi connectivity index (χ2v) is 9.34. The average Bonchev–Trinajstić information content (AvgIpc) is 3.50. The lowest BCUT2D eigenvalue weighted by molar-refractivity contribution is 0.0693. The number of aromatic nitrogens is 4. The Morgan fingerprint density at radius 2 is 1.97 bits per heavy atom. The van der Waals surface area contributed by atoms with Crippen LogP contribution < -0.4 is 4.74 Å². The predicted octanol–water partition coefficient (Wildman–Crippen LogP) is 5.95. The van der Waals surface area contributed by atoms with E-state index in [0.717, 1.165) is 24.2 Å². The van der Waals surface area contributed by atoms with E-state index < -0.39 is 5.97 Å². The van der Waals surface area contributed by atoms with Gasteiger partial charge in [-0.3, -0.25) is 4.98 Å². The zero-order valence-corrected chi connectivity index (χ0v) is 21.7. The molecule has 1 aliphatic rings. The molecule has 1 aliphatic carbocycles. The lowest BCUT2D eigenvalue weighted by Gasteiger charge is -2.05. The minimum atomic E-state index is -1.11. The minimum Gasteiger partial charge on any atom is -0.496 e. The molecule has 4 aromatic rings. The molecule has 10 nitrogen and oxygen atoms in total. The summed E-state index contributed by atoms with van der Waals surface area (Å²) in [7, 11) is 1.41. The first kappa shape index (κ1) is 25.9. The van der Waals surface area contributed by atoms with Crippen molar-refractivity contribution in [2.24, 2.45) is 0 Å². The summed E-state index contributed by atoms with van der Waals surface area (Å²) in [5, 5.41) is 18.4. The molecule has 0 amide bonds. The van der Waals surface area contributed by atoms with E-state index in [-0.39, 0.29) is 17.1 Å². The van der Waals surface area contributed by atoms with Crippen molar-refractivity contribution in [1.82, 2.24) is 20.3 Å². The zero-order valence-electron chi connectivity index (χ0n) is 20.2. The number of aromatic carboxylic acids is 1. The van der Waals surface area contributed by atoms with E-state index in [1.165, 1.54) is 25.6 Å². The van der Waals surface area contributed by atoms with Crippen molar-refractivity contribution in [3.63, 3.8) is 0 Å². The van der Waals surface area contributed by atoms with Gasteiger partial charge in [0, 0.05) is 35.0 Å². The van der Waals surface area contributed by atoms with Gasteiger partial charge in [-0.05, 0) is 31.0 Å². The van der Waals surface area contributed by atoms with Crippen LogP contribution in [0.25, 0.3) is 28.7 Å². The van der Waals surface area contributed by atoms with Crippen LogP contribution in [0.2, 0.25) is 10.0 Å². The predicted molar refractivity (Wildman–Crippen MR) is 139 cm³/mol. The first-order valence-electron chi connectivity index (χ1n) is 11.7. The molecule has 0 radical (unpaired) electrons. The highest BCUT2D eigenvalue weighted by Gasteiger charge is 2.32. The van der Waals surface area contributed by atoms with Crippen molar-refractivity contribution in [2.75, 3.05) is 20.3 Å². The van der Waals surface area contributed by atoms with Crippen molar-refractivity contribution in [3.05, 3.63) is 69.5 Å². The quantitative estimate of drug-likeness (QED) is 0.221. The number of nitrogens with zero attached hydrogens (tertiary/aromatic N) is 4. The van der Waals surface area contributed by atoms with Gasteiger partial charge in [-0.2, -0.15) is 4.98 Å². The van der Waals surface area contributed by atoms with Crippen molar-refractivity contribution in [3.8, 4) is 28.4 Å². The van der Waals surface area contributed by atoms with Crippen LogP contribution >= 0.6 is 23.2 Å². The van der Waals surface area contributed by atoms with Crippen LogP contribution in [-0.2, 0) is 11.2 Å². The fourth-order valence-corrected chi connectivity index (χ4v) is 4.44. The number of carboxylic acid groups (broad SMARTS) is 1. The topological polar surface area (TPSA) is 134 Å². The highest BCUT2D eigenvalue weighted by molar-refractivity contribution is 6.39. The van der Waals surface area contributed by atoms with Gasteiger partial charge < -0.3 is 23.6 Å². The number of methoxy groups -OCH3 is 1. The third kappa shape index (κ3) is 5.57. The standard InChI is InChI=1S/C26H22Cl2N4O6/c1-35-20-7-6-15(11-17(20)26(33)34)25-30-21(37-32-25)8-10-36-9-2-3-16-23(31-38-24(16)14-4-5-14)22-18(27)12-29-13-19(22)28/h2-3,6-7,11-14H,4-5,8-10H2,1H3,(H,33,34)/b3-2+. The number of halogens is 2. The number of benzene rings is 1. The van der Waals surface area contributed by atoms with Crippen LogP contribution in [0, 0.1) is 0 Å². The maximum atomic E-state index is 11.5. The number of carboxylic acids is 1. The molecular weight excluding hydrogens is 535 g/mol. The molecule has 0 atom stereocenters. The van der Waals surface area contributed by atoms with Crippen LogP contribution in [0.3, 0.4) is 0 Å². The average molecular weight is 557 g/mol. The number of hydrogen-bond donors (Lipinski definition) is 1. The molecule has 12 heteroatoms. The zero-order chi connectivity index (χ0) is 26.6. The van der Waals surface area contributed by atoms with E-state index >= 15 is 0 Å². The highest BCUT2D eigenvalue weighted by atomic mass is 35.5. The Balaban J connectivity index is 1.20. The van der Waals surface area contributed by atoms with E-state index in [4.69, 9.17) is 41.7 Å². The van der Waals surface area contributed by atoms with E-state index in [1.807, 2.05) is 12.2 Å². The Kier molecular flexibility index (Phi) is 7.73. The summed E-state index contributed by atoms with van der Waals surface area (Å²) >= 11 is 12.7. The van der Waals surface area contributed by atoms with E-state index in [2.05, 4.69) is 20.3 Å². The van der Waals surface area contributed by atoms with Crippen LogP contribution in [0.4, 0.5) is 0 Å². The monoisotopic (exact) mass is 556 g/mol. The van der Waals surface area contributed by atoms with Crippen molar-refractivity contribution in [1.29, 1.82) is 0 Å². The molecule has 1 N–H and O–H groups in total. The maximum Gasteiger partial charge on any atom is 0.339 e. The molecule has 38 heavy (non-hydrogen) atoms. The lowest BCUT2D eigenvalue weighted by atomic mass is 10.0. The number of rotatable bonds is 11. The summed E-state index contributed by atoms with van der Waals surface area (Å²) in [5.74, 6) is 0.940. The third-order valence-corrected chi connectivity index (χ3v) is 6.48. The number of ether oxygens (including phenoxy) is 2. The molecule has 3 heterocycles. The molecule has 3 aromatic heterocycles. The maximum absolute atomic E-state index is 11.5. The molecule has 5 rings (SSSR count). The molecule has 1 fully saturated rings. The summed E-state index contributed by atoms with van der Waals surface area (Å²) < 4.78 is 21.7. The van der Waals surface area contributed by atoms with Crippen LogP contribution in [0.5, 0.6) is 5.75 Å². The van der Waals surface area contributed by atoms with Gasteiger partial charge >= 0.3 is 5.97 Å². The number of carbonyl (C=O) groups is 1. The number of hydrogen-bond acceptors (Lipinski definition) is 9. The summed E-state index contributed by atoms with van der Waals surface area (Å²) in [6.07, 6.45) is 9.29. The molecule has 0 bridgehead atoms. The molecule has 0 aliphatic heterocycles. The highest BCUT2D eigenvalue weighted by Crippen LogP contribution is 2.46. The van der Waals surface area contributed by atoms with Gasteiger partial charge in [0.15, 0.2) is 0 Å². The molecule has 196 valence electrons. The summed E-state index contributed by atoms with van der Waals surface area (Å²) in [6.45, 7) is 0.664. The molecule has 0 spiro atoms. The smallest absolute Gasteiger partial charge is 0.339 e. The molecular formula is C26H22Cl2N4O6. The van der Waals surface area contributed by atoms with Gasteiger partial charge in [0.1, 0.15) is 22.8 Å². The fraction of sp³-hybridized carbons (Fsp3) is 0.269. The number of pyridine rings is 1. The first-order valence-corrected chi connectivity index (χ1v) is 12.5. The second kappa shape index (κ2) is 11.3. The fourth-order valence-electron chi connectivity index (χ4n) is 3.89.